The van der Waals surface area contributed by atoms with Crippen LogP contribution >= 0.6 is 0 Å². The average Bonchev–Trinajstić information content (AvgIpc) is 3.16. The van der Waals surface area contributed by atoms with Crippen molar-refractivity contribution in [2.75, 3.05) is 5.43 Å². The van der Waals surface area contributed by atoms with Crippen molar-refractivity contribution in [1.82, 2.24) is 30.3 Å². The van der Waals surface area contributed by atoms with Gasteiger partial charge in [-0.05, 0) is 24.5 Å². The molecule has 0 aliphatic carbocycles. The van der Waals surface area contributed by atoms with Crippen LogP contribution in [0.3, 0.4) is 0 Å². The number of aryl methyl sites for hydroxylation is 2. The number of carbonyl (C=O) groups is 1. The highest BCUT2D eigenvalue weighted by Gasteiger charge is 2.14. The fourth-order valence-electron chi connectivity index (χ4n) is 2.69. The van der Waals surface area contributed by atoms with E-state index in [1.807, 2.05) is 29.9 Å². The van der Waals surface area contributed by atoms with Gasteiger partial charge in [0.2, 0.25) is 0 Å². The van der Waals surface area contributed by atoms with Crippen molar-refractivity contribution in [3.05, 3.63) is 72.1 Å². The van der Waals surface area contributed by atoms with Crippen molar-refractivity contribution in [2.24, 2.45) is 0 Å². The van der Waals surface area contributed by atoms with E-state index in [0.717, 1.165) is 24.2 Å². The summed E-state index contributed by atoms with van der Waals surface area (Å²) >= 11 is 0. The van der Waals surface area contributed by atoms with Gasteiger partial charge in [-0.2, -0.15) is 5.10 Å². The average molecular weight is 365 g/mol. The van der Waals surface area contributed by atoms with Gasteiger partial charge in [-0.15, -0.1) is 5.12 Å². The molecule has 0 radical (unpaired) electrons. The molecular formula is C19H23N7O. The Kier molecular flexibility index (Phi) is 6.11. The Hall–Kier alpha value is -3.26. The summed E-state index contributed by atoms with van der Waals surface area (Å²) in [5.41, 5.74) is 9.61. The van der Waals surface area contributed by atoms with Crippen molar-refractivity contribution in [2.45, 2.75) is 33.4 Å². The van der Waals surface area contributed by atoms with Gasteiger partial charge in [0.15, 0.2) is 0 Å². The number of hydrogen-bond acceptors (Lipinski definition) is 6. The summed E-state index contributed by atoms with van der Waals surface area (Å²) in [5.74, 6) is -0.292. The molecule has 0 bridgehead atoms. The van der Waals surface area contributed by atoms with Crippen LogP contribution in [0.5, 0.6) is 0 Å². The number of rotatable bonds is 8. The maximum atomic E-state index is 12.6. The minimum absolute atomic E-state index is 0.292. The van der Waals surface area contributed by atoms with Crippen LogP contribution in [0.4, 0.5) is 5.69 Å². The predicted molar refractivity (Wildman–Crippen MR) is 102 cm³/mol. The lowest BCUT2D eigenvalue weighted by Gasteiger charge is -2.25. The third-order valence-corrected chi connectivity index (χ3v) is 4.11. The van der Waals surface area contributed by atoms with E-state index in [4.69, 9.17) is 0 Å². The largest absolute Gasteiger partial charge is 0.298 e. The molecule has 0 saturated carbocycles. The topological polar surface area (TPSA) is 88.0 Å². The first-order valence-electron chi connectivity index (χ1n) is 8.89. The molecule has 0 spiro atoms. The van der Waals surface area contributed by atoms with Crippen LogP contribution < -0.4 is 10.9 Å². The Balaban J connectivity index is 1.80. The standard InChI is InChI=1S/C19H23N7O/c1-3-15-7-5-6-8-16(15)12-26(23-18-11-22-25(4-2)13-18)24-19(27)17-9-20-14-21-10-17/h5-11,13-14,23H,3-4,12H2,1-2H3,(H,24,27). The molecule has 2 N–H and O–H groups in total. The highest BCUT2D eigenvalue weighted by molar-refractivity contribution is 5.93. The molecule has 0 fully saturated rings. The third kappa shape index (κ3) is 4.89. The van der Waals surface area contributed by atoms with Crippen LogP contribution in [-0.2, 0) is 19.5 Å². The molecule has 0 saturated heterocycles. The second-order valence-electron chi connectivity index (χ2n) is 5.97. The molecule has 3 aromatic rings. The highest BCUT2D eigenvalue weighted by atomic mass is 16.2. The first-order valence-corrected chi connectivity index (χ1v) is 8.89. The summed E-state index contributed by atoms with van der Waals surface area (Å²) < 4.78 is 1.81. The van der Waals surface area contributed by atoms with Crippen molar-refractivity contribution in [3.63, 3.8) is 0 Å². The Morgan fingerprint density at radius 3 is 2.52 bits per heavy atom. The molecule has 0 aliphatic rings. The minimum atomic E-state index is -0.292. The molecule has 27 heavy (non-hydrogen) atoms. The first-order chi connectivity index (χ1) is 13.2. The fraction of sp³-hybridized carbons (Fsp3) is 0.263. The zero-order valence-electron chi connectivity index (χ0n) is 15.5. The quantitative estimate of drug-likeness (QED) is 0.596. The maximum absolute atomic E-state index is 12.6. The minimum Gasteiger partial charge on any atom is -0.298 e. The molecule has 1 aromatic carbocycles. The lowest BCUT2D eigenvalue weighted by molar-refractivity contribution is 0.0816. The van der Waals surface area contributed by atoms with Crippen molar-refractivity contribution >= 4 is 11.6 Å². The van der Waals surface area contributed by atoms with Crippen LogP contribution in [0, 0.1) is 0 Å². The number of hydrogen-bond donors (Lipinski definition) is 2. The van der Waals surface area contributed by atoms with E-state index in [9.17, 15) is 4.79 Å². The molecule has 8 heteroatoms. The second-order valence-corrected chi connectivity index (χ2v) is 5.97. The Bertz CT molecular complexity index is 879. The summed E-state index contributed by atoms with van der Waals surface area (Å²) in [5, 5.41) is 5.91. The van der Waals surface area contributed by atoms with Gasteiger partial charge >= 0.3 is 0 Å². The number of amides is 1. The summed E-state index contributed by atoms with van der Waals surface area (Å²) in [6.07, 6.45) is 8.88. The molecule has 2 heterocycles. The molecule has 2 aromatic heterocycles. The molecule has 0 atom stereocenters. The number of hydrazine groups is 2. The first kappa shape index (κ1) is 18.5. The second kappa shape index (κ2) is 8.91. The molecule has 1 amide bonds. The summed E-state index contributed by atoms with van der Waals surface area (Å²) in [4.78, 5) is 20.4. The smallest absolute Gasteiger partial charge is 0.270 e. The lowest BCUT2D eigenvalue weighted by Crippen LogP contribution is -2.45. The van der Waals surface area contributed by atoms with Crippen LogP contribution in [0.25, 0.3) is 0 Å². The molecular weight excluding hydrogens is 342 g/mol. The van der Waals surface area contributed by atoms with Gasteiger partial charge in [-0.25, -0.2) is 9.97 Å². The van der Waals surface area contributed by atoms with E-state index in [1.165, 1.54) is 24.3 Å². The van der Waals surface area contributed by atoms with Gasteiger partial charge in [0.05, 0.1) is 24.0 Å². The van der Waals surface area contributed by atoms with Gasteiger partial charge in [-0.1, -0.05) is 31.2 Å². The van der Waals surface area contributed by atoms with E-state index in [0.29, 0.717) is 12.1 Å². The van der Waals surface area contributed by atoms with Crippen LogP contribution in [0.2, 0.25) is 0 Å². The zero-order chi connectivity index (χ0) is 19.1. The van der Waals surface area contributed by atoms with Crippen LogP contribution in [0.1, 0.15) is 35.3 Å². The van der Waals surface area contributed by atoms with Crippen molar-refractivity contribution in [1.29, 1.82) is 0 Å². The van der Waals surface area contributed by atoms with E-state index in [1.54, 1.807) is 11.3 Å². The van der Waals surface area contributed by atoms with Crippen molar-refractivity contribution < 1.29 is 4.79 Å². The van der Waals surface area contributed by atoms with Gasteiger partial charge in [0.25, 0.3) is 5.91 Å². The molecule has 0 unspecified atom stereocenters. The normalized spacial score (nSPS) is 10.8. The zero-order valence-corrected chi connectivity index (χ0v) is 15.5. The van der Waals surface area contributed by atoms with Crippen LogP contribution in [0.15, 0.2) is 55.4 Å². The van der Waals surface area contributed by atoms with Crippen molar-refractivity contribution in [3.8, 4) is 0 Å². The molecule has 140 valence electrons. The van der Waals surface area contributed by atoms with E-state index in [-0.39, 0.29) is 5.91 Å². The number of anilines is 1. The summed E-state index contributed by atoms with van der Waals surface area (Å²) in [6, 6.07) is 8.16. The highest BCUT2D eigenvalue weighted by Crippen LogP contribution is 2.13. The summed E-state index contributed by atoms with van der Waals surface area (Å²) in [6.45, 7) is 5.39. The number of nitrogens with one attached hydrogen (secondary N) is 2. The number of nitrogens with zero attached hydrogens (tertiary/aromatic N) is 5. The van der Waals surface area contributed by atoms with Gasteiger partial charge in [0, 0.05) is 25.1 Å². The Morgan fingerprint density at radius 2 is 1.85 bits per heavy atom. The lowest BCUT2D eigenvalue weighted by atomic mass is 10.1. The number of benzene rings is 1. The van der Waals surface area contributed by atoms with E-state index >= 15 is 0 Å². The molecule has 3 rings (SSSR count). The van der Waals surface area contributed by atoms with Gasteiger partial charge in [-0.3, -0.25) is 20.3 Å². The Labute approximate surface area is 158 Å². The van der Waals surface area contributed by atoms with Gasteiger partial charge < -0.3 is 0 Å². The molecule has 0 aliphatic heterocycles. The maximum Gasteiger partial charge on any atom is 0.270 e. The van der Waals surface area contributed by atoms with Gasteiger partial charge in [0.1, 0.15) is 6.33 Å². The predicted octanol–water partition coefficient (Wildman–Crippen LogP) is 2.43. The number of carbonyl (C=O) groups excluding carboxylic acids is 1. The van der Waals surface area contributed by atoms with E-state index in [2.05, 4.69) is 45.0 Å². The molecule has 8 nitrogen and oxygen atoms in total. The fourth-order valence-corrected chi connectivity index (χ4v) is 2.69. The SMILES string of the molecule is CCc1ccccc1CN(NC(=O)c1cncnc1)Nc1cnn(CC)c1. The van der Waals surface area contributed by atoms with Crippen LogP contribution in [-0.4, -0.2) is 30.8 Å². The monoisotopic (exact) mass is 365 g/mol. The summed E-state index contributed by atoms with van der Waals surface area (Å²) in [7, 11) is 0. The Morgan fingerprint density at radius 1 is 1.11 bits per heavy atom. The third-order valence-electron chi connectivity index (χ3n) is 4.11. The van der Waals surface area contributed by atoms with E-state index < -0.39 is 0 Å². The number of aromatic nitrogens is 4.